The molecular weight excluding hydrogens is 179 g/mol. The molecule has 0 aliphatic carbocycles. The lowest BCUT2D eigenvalue weighted by Crippen LogP contribution is -2.28. The highest BCUT2D eigenvalue weighted by atomic mass is 35.5. The Labute approximate surface area is 74.7 Å². The van der Waals surface area contributed by atoms with E-state index in [0.717, 1.165) is 12.0 Å². The van der Waals surface area contributed by atoms with Crippen LogP contribution in [0.2, 0.25) is 5.02 Å². The smallest absolute Gasteiger partial charge is 0.148 e. The van der Waals surface area contributed by atoms with Crippen LogP contribution in [-0.2, 0) is 6.42 Å². The Morgan fingerprint density at radius 2 is 2.25 bits per heavy atom. The Morgan fingerprint density at radius 1 is 1.50 bits per heavy atom. The van der Waals surface area contributed by atoms with Crippen molar-refractivity contribution in [3.05, 3.63) is 28.5 Å². The van der Waals surface area contributed by atoms with Crippen LogP contribution in [0.3, 0.4) is 0 Å². The molecule has 2 rings (SSSR count). The lowest BCUT2D eigenvalue weighted by molar-refractivity contribution is 0.624. The summed E-state index contributed by atoms with van der Waals surface area (Å²) in [6.45, 7) is 0.635. The van der Waals surface area contributed by atoms with Gasteiger partial charge in [-0.1, -0.05) is 11.6 Å². The Kier molecular flexibility index (Phi) is 1.70. The minimum absolute atomic E-state index is 0.297. The maximum atomic E-state index is 13.1. The molecule has 0 spiro atoms. The second-order valence-corrected chi connectivity index (χ2v) is 3.21. The van der Waals surface area contributed by atoms with Gasteiger partial charge >= 0.3 is 0 Å². The van der Waals surface area contributed by atoms with E-state index in [2.05, 4.69) is 0 Å². The molecule has 0 radical (unpaired) electrons. The summed E-state index contributed by atoms with van der Waals surface area (Å²) in [7, 11) is 0. The molecule has 1 heterocycles. The number of rotatable bonds is 0. The summed E-state index contributed by atoms with van der Waals surface area (Å²) in [4.78, 5) is 0. The van der Waals surface area contributed by atoms with Crippen LogP contribution in [-0.4, -0.2) is 6.54 Å². The first-order chi connectivity index (χ1) is 5.70. The fraction of sp³-hybridized carbons (Fsp3) is 0.250. The molecule has 0 atom stereocenters. The van der Waals surface area contributed by atoms with Gasteiger partial charge in [0.2, 0.25) is 0 Å². The van der Waals surface area contributed by atoms with Crippen molar-refractivity contribution in [3.63, 3.8) is 0 Å². The van der Waals surface area contributed by atoms with Crippen LogP contribution < -0.4 is 10.9 Å². The number of anilines is 1. The summed E-state index contributed by atoms with van der Waals surface area (Å²) in [6.07, 6.45) is 0.725. The van der Waals surface area contributed by atoms with Crippen LogP contribution in [0.4, 0.5) is 10.1 Å². The summed E-state index contributed by atoms with van der Waals surface area (Å²) in [5.41, 5.74) is 1.27. The average molecular weight is 187 g/mol. The normalized spacial score (nSPS) is 15.1. The molecule has 0 saturated carbocycles. The summed E-state index contributed by atoms with van der Waals surface area (Å²) in [5.74, 6) is 5.25. The van der Waals surface area contributed by atoms with Crippen LogP contribution in [0.15, 0.2) is 12.1 Å². The molecule has 1 aromatic rings. The third-order valence-corrected chi connectivity index (χ3v) is 2.42. The number of fused-ring (bicyclic) bond motifs is 1. The molecule has 0 saturated heterocycles. The number of benzene rings is 1. The second kappa shape index (κ2) is 2.61. The zero-order valence-corrected chi connectivity index (χ0v) is 7.11. The highest BCUT2D eigenvalue weighted by Gasteiger charge is 2.22. The average Bonchev–Trinajstić information content (AvgIpc) is 2.42. The third kappa shape index (κ3) is 0.974. The zero-order valence-electron chi connectivity index (χ0n) is 6.35. The van der Waals surface area contributed by atoms with Gasteiger partial charge in [0.15, 0.2) is 0 Å². The van der Waals surface area contributed by atoms with E-state index in [0.29, 0.717) is 17.3 Å². The van der Waals surface area contributed by atoms with Gasteiger partial charge in [-0.05, 0) is 18.6 Å². The van der Waals surface area contributed by atoms with E-state index < -0.39 is 0 Å². The quantitative estimate of drug-likeness (QED) is 0.626. The second-order valence-electron chi connectivity index (χ2n) is 2.80. The summed E-state index contributed by atoms with van der Waals surface area (Å²) >= 11 is 5.86. The number of hydrogen-bond donors (Lipinski definition) is 1. The van der Waals surface area contributed by atoms with E-state index in [4.69, 9.17) is 17.4 Å². The van der Waals surface area contributed by atoms with Crippen molar-refractivity contribution in [2.45, 2.75) is 6.42 Å². The van der Waals surface area contributed by atoms with Crippen molar-refractivity contribution in [2.75, 3.05) is 11.6 Å². The molecular formula is C8H8ClFN2. The molecule has 0 bridgehead atoms. The maximum Gasteiger partial charge on any atom is 0.148 e. The Balaban J connectivity index is 2.64. The molecule has 64 valence electrons. The van der Waals surface area contributed by atoms with Gasteiger partial charge < -0.3 is 5.01 Å². The van der Waals surface area contributed by atoms with Crippen LogP contribution in [0.1, 0.15) is 5.56 Å². The van der Waals surface area contributed by atoms with Crippen LogP contribution in [0.25, 0.3) is 0 Å². The van der Waals surface area contributed by atoms with Gasteiger partial charge in [0.05, 0.1) is 5.69 Å². The van der Waals surface area contributed by atoms with Crippen molar-refractivity contribution in [1.29, 1.82) is 0 Å². The van der Waals surface area contributed by atoms with Crippen molar-refractivity contribution in [1.82, 2.24) is 0 Å². The monoisotopic (exact) mass is 186 g/mol. The SMILES string of the molecule is NN1CCc2c(Cl)ccc(F)c21. The first-order valence-electron chi connectivity index (χ1n) is 3.69. The number of halogens is 2. The molecule has 0 fully saturated rings. The highest BCUT2D eigenvalue weighted by molar-refractivity contribution is 6.31. The van der Waals surface area contributed by atoms with Gasteiger partial charge in [0.25, 0.3) is 0 Å². The van der Waals surface area contributed by atoms with Gasteiger partial charge in [-0.3, -0.25) is 0 Å². The largest absolute Gasteiger partial charge is 0.308 e. The fourth-order valence-electron chi connectivity index (χ4n) is 1.48. The van der Waals surface area contributed by atoms with Gasteiger partial charge in [-0.25, -0.2) is 10.2 Å². The fourth-order valence-corrected chi connectivity index (χ4v) is 1.72. The summed E-state index contributed by atoms with van der Waals surface area (Å²) in [6, 6.07) is 2.90. The van der Waals surface area contributed by atoms with Gasteiger partial charge in [-0.15, -0.1) is 0 Å². The van der Waals surface area contributed by atoms with Crippen molar-refractivity contribution in [2.24, 2.45) is 5.84 Å². The van der Waals surface area contributed by atoms with Crippen LogP contribution in [0.5, 0.6) is 0 Å². The predicted molar refractivity (Wildman–Crippen MR) is 46.6 cm³/mol. The standard InChI is InChI=1S/C8H8ClFN2/c9-6-1-2-7(10)8-5(6)3-4-12(8)11/h1-2H,3-4,11H2. The van der Waals surface area contributed by atoms with Crippen molar-refractivity contribution < 1.29 is 4.39 Å². The number of nitrogens with two attached hydrogens (primary N) is 1. The van der Waals surface area contributed by atoms with Gasteiger partial charge in [0.1, 0.15) is 5.82 Å². The molecule has 1 aliphatic rings. The first-order valence-corrected chi connectivity index (χ1v) is 4.07. The van der Waals surface area contributed by atoms with Gasteiger partial charge in [-0.2, -0.15) is 0 Å². The van der Waals surface area contributed by atoms with E-state index in [1.165, 1.54) is 11.1 Å². The Hall–Kier alpha value is -0.800. The molecule has 0 amide bonds. The molecule has 0 aromatic heterocycles. The Bertz CT molecular complexity index is 327. The van der Waals surface area contributed by atoms with Gasteiger partial charge in [0, 0.05) is 17.1 Å². The first kappa shape index (κ1) is 7.83. The molecule has 1 aliphatic heterocycles. The van der Waals surface area contributed by atoms with Crippen molar-refractivity contribution >= 4 is 17.3 Å². The highest BCUT2D eigenvalue weighted by Crippen LogP contribution is 2.33. The zero-order chi connectivity index (χ0) is 8.72. The van der Waals surface area contributed by atoms with Crippen molar-refractivity contribution in [3.8, 4) is 0 Å². The molecule has 2 N–H and O–H groups in total. The van der Waals surface area contributed by atoms with E-state index in [1.54, 1.807) is 6.07 Å². The topological polar surface area (TPSA) is 29.3 Å². The van der Waals surface area contributed by atoms with Crippen LogP contribution in [0, 0.1) is 5.82 Å². The molecule has 2 nitrogen and oxygen atoms in total. The minimum atomic E-state index is -0.297. The lowest BCUT2D eigenvalue weighted by atomic mass is 10.1. The van der Waals surface area contributed by atoms with E-state index in [1.807, 2.05) is 0 Å². The minimum Gasteiger partial charge on any atom is -0.308 e. The molecule has 0 unspecified atom stereocenters. The lowest BCUT2D eigenvalue weighted by Gasteiger charge is -2.12. The number of hydrazine groups is 1. The number of hydrogen-bond acceptors (Lipinski definition) is 2. The number of nitrogens with zero attached hydrogens (tertiary/aromatic N) is 1. The molecule has 4 heteroatoms. The predicted octanol–water partition coefficient (Wildman–Crippen LogP) is 1.72. The summed E-state index contributed by atoms with van der Waals surface area (Å²) in [5, 5.41) is 2.00. The van der Waals surface area contributed by atoms with E-state index in [-0.39, 0.29) is 5.82 Å². The Morgan fingerprint density at radius 3 is 2.92 bits per heavy atom. The third-order valence-electron chi connectivity index (χ3n) is 2.07. The van der Waals surface area contributed by atoms with E-state index >= 15 is 0 Å². The maximum absolute atomic E-state index is 13.1. The summed E-state index contributed by atoms with van der Waals surface area (Å²) < 4.78 is 13.1. The molecule has 1 aromatic carbocycles. The molecule has 12 heavy (non-hydrogen) atoms. The van der Waals surface area contributed by atoms with E-state index in [9.17, 15) is 4.39 Å². The van der Waals surface area contributed by atoms with Crippen LogP contribution >= 0.6 is 11.6 Å².